The molecule has 0 bridgehead atoms. The third-order valence-corrected chi connectivity index (χ3v) is 4.84. The summed E-state index contributed by atoms with van der Waals surface area (Å²) >= 11 is 0.900. The highest BCUT2D eigenvalue weighted by Gasteiger charge is 2.26. The van der Waals surface area contributed by atoms with E-state index in [-0.39, 0.29) is 22.9 Å². The Bertz CT molecular complexity index is 505. The fraction of sp³-hybridized carbons (Fsp3) is 0.444. The van der Waals surface area contributed by atoms with Gasteiger partial charge in [0, 0.05) is 13.7 Å². The Kier molecular flexibility index (Phi) is 4.63. The molecule has 0 aliphatic rings. The molecular formula is C9H13NO5S2. The fourth-order valence-corrected chi connectivity index (χ4v) is 3.91. The van der Waals surface area contributed by atoms with Gasteiger partial charge in [-0.2, -0.15) is 0 Å². The molecule has 1 heterocycles. The summed E-state index contributed by atoms with van der Waals surface area (Å²) in [5, 5.41) is 10.4. The van der Waals surface area contributed by atoms with Gasteiger partial charge in [0.25, 0.3) is 0 Å². The van der Waals surface area contributed by atoms with Crippen molar-refractivity contribution in [3.63, 3.8) is 0 Å². The average Bonchev–Trinajstić information content (AvgIpc) is 2.61. The van der Waals surface area contributed by atoms with E-state index in [1.807, 2.05) is 0 Å². The monoisotopic (exact) mass is 279 g/mol. The Morgan fingerprint density at radius 1 is 1.59 bits per heavy atom. The molecule has 1 rings (SSSR count). The zero-order valence-electron chi connectivity index (χ0n) is 9.39. The number of carbonyl (C=O) groups is 1. The van der Waals surface area contributed by atoms with Crippen molar-refractivity contribution < 1.29 is 23.1 Å². The first-order valence-electron chi connectivity index (χ1n) is 4.70. The van der Waals surface area contributed by atoms with Crippen molar-refractivity contribution >= 4 is 27.3 Å². The number of rotatable bonds is 6. The van der Waals surface area contributed by atoms with Gasteiger partial charge in [0.05, 0.1) is 6.61 Å². The molecule has 17 heavy (non-hydrogen) atoms. The van der Waals surface area contributed by atoms with E-state index < -0.39 is 16.0 Å². The molecule has 0 saturated carbocycles. The highest BCUT2D eigenvalue weighted by atomic mass is 32.2. The van der Waals surface area contributed by atoms with Crippen LogP contribution < -0.4 is 4.72 Å². The molecule has 0 aromatic carbocycles. The predicted molar refractivity (Wildman–Crippen MR) is 63.1 cm³/mol. The molecule has 2 N–H and O–H groups in total. The van der Waals surface area contributed by atoms with E-state index in [0.717, 1.165) is 11.3 Å². The summed E-state index contributed by atoms with van der Waals surface area (Å²) in [4.78, 5) is 10.6. The molecule has 0 unspecified atom stereocenters. The number of hydrogen-bond acceptors (Lipinski definition) is 5. The van der Waals surface area contributed by atoms with Crippen LogP contribution in [0.25, 0.3) is 0 Å². The van der Waals surface area contributed by atoms with Crippen LogP contribution in [0, 0.1) is 6.92 Å². The van der Waals surface area contributed by atoms with Gasteiger partial charge in [-0.05, 0) is 17.9 Å². The van der Waals surface area contributed by atoms with Crippen molar-refractivity contribution in [2.24, 2.45) is 0 Å². The van der Waals surface area contributed by atoms with Gasteiger partial charge in [-0.15, -0.1) is 11.3 Å². The minimum Gasteiger partial charge on any atom is -0.477 e. The summed E-state index contributed by atoms with van der Waals surface area (Å²) in [7, 11) is -2.34. The number of methoxy groups -OCH3 is 1. The summed E-state index contributed by atoms with van der Waals surface area (Å²) in [6.07, 6.45) is 0. The summed E-state index contributed by atoms with van der Waals surface area (Å²) in [6.45, 7) is 1.89. The van der Waals surface area contributed by atoms with E-state index in [1.165, 1.54) is 12.5 Å². The quantitative estimate of drug-likeness (QED) is 0.747. The fourth-order valence-electron chi connectivity index (χ4n) is 1.27. The lowest BCUT2D eigenvalue weighted by molar-refractivity contribution is 0.0698. The normalized spacial score (nSPS) is 11.6. The maximum atomic E-state index is 11.9. The van der Waals surface area contributed by atoms with Crippen molar-refractivity contribution in [2.45, 2.75) is 11.8 Å². The van der Waals surface area contributed by atoms with Crippen LogP contribution in [-0.4, -0.2) is 39.8 Å². The van der Waals surface area contributed by atoms with Crippen molar-refractivity contribution in [3.05, 3.63) is 15.8 Å². The SMILES string of the molecule is COCCNS(=O)(=O)c1c(C)csc1C(=O)O. The Hall–Kier alpha value is -0.960. The lowest BCUT2D eigenvalue weighted by atomic mass is 10.3. The number of carboxylic acids is 1. The van der Waals surface area contributed by atoms with Crippen molar-refractivity contribution in [1.29, 1.82) is 0 Å². The van der Waals surface area contributed by atoms with E-state index in [2.05, 4.69) is 4.72 Å². The number of carboxylic acid groups (broad SMARTS) is 1. The number of nitrogens with one attached hydrogen (secondary N) is 1. The standard InChI is InChI=1S/C9H13NO5S2/c1-6-5-16-7(9(11)12)8(6)17(13,14)10-3-4-15-2/h5,10H,3-4H2,1-2H3,(H,11,12). The highest BCUT2D eigenvalue weighted by molar-refractivity contribution is 7.89. The Balaban J connectivity index is 3.06. The molecule has 0 saturated heterocycles. The summed E-state index contributed by atoms with van der Waals surface area (Å²) in [5.41, 5.74) is 0.428. The molecule has 0 aliphatic carbocycles. The average molecular weight is 279 g/mol. The van der Waals surface area contributed by atoms with Crippen molar-refractivity contribution in [3.8, 4) is 0 Å². The Morgan fingerprint density at radius 3 is 2.76 bits per heavy atom. The second kappa shape index (κ2) is 5.58. The lowest BCUT2D eigenvalue weighted by Gasteiger charge is -2.06. The van der Waals surface area contributed by atoms with Crippen molar-refractivity contribution in [2.75, 3.05) is 20.3 Å². The zero-order valence-corrected chi connectivity index (χ0v) is 11.0. The molecule has 8 heteroatoms. The van der Waals surface area contributed by atoms with E-state index in [1.54, 1.807) is 6.92 Å². The maximum Gasteiger partial charge on any atom is 0.347 e. The second-order valence-corrected chi connectivity index (χ2v) is 5.86. The van der Waals surface area contributed by atoms with Crippen LogP contribution in [-0.2, 0) is 14.8 Å². The molecule has 96 valence electrons. The van der Waals surface area contributed by atoms with Crippen LogP contribution in [0.1, 0.15) is 15.2 Å². The summed E-state index contributed by atoms with van der Waals surface area (Å²) in [6, 6.07) is 0. The molecular weight excluding hydrogens is 266 g/mol. The number of ether oxygens (including phenoxy) is 1. The van der Waals surface area contributed by atoms with E-state index in [0.29, 0.717) is 5.56 Å². The van der Waals surface area contributed by atoms with Crippen LogP contribution in [0.3, 0.4) is 0 Å². The first-order chi connectivity index (χ1) is 7.90. The molecule has 1 aromatic rings. The number of aryl methyl sites for hydroxylation is 1. The van der Waals surface area contributed by atoms with Crippen LogP contribution in [0.4, 0.5) is 0 Å². The lowest BCUT2D eigenvalue weighted by Crippen LogP contribution is -2.28. The van der Waals surface area contributed by atoms with E-state index in [4.69, 9.17) is 9.84 Å². The molecule has 0 radical (unpaired) electrons. The zero-order chi connectivity index (χ0) is 13.1. The Morgan fingerprint density at radius 2 is 2.24 bits per heavy atom. The number of thiophene rings is 1. The molecule has 1 aromatic heterocycles. The molecule has 0 amide bonds. The topological polar surface area (TPSA) is 92.7 Å². The predicted octanol–water partition coefficient (Wildman–Crippen LogP) is 0.679. The molecule has 0 atom stereocenters. The molecule has 0 spiro atoms. The highest BCUT2D eigenvalue weighted by Crippen LogP contribution is 2.26. The third-order valence-electron chi connectivity index (χ3n) is 1.98. The summed E-state index contributed by atoms with van der Waals surface area (Å²) in [5.74, 6) is -1.24. The number of hydrogen-bond donors (Lipinski definition) is 2. The molecule has 0 aliphatic heterocycles. The minimum absolute atomic E-state index is 0.104. The van der Waals surface area contributed by atoms with Gasteiger partial charge in [-0.1, -0.05) is 0 Å². The first kappa shape index (κ1) is 14.1. The number of sulfonamides is 1. The van der Waals surface area contributed by atoms with E-state index >= 15 is 0 Å². The maximum absolute atomic E-state index is 11.9. The van der Waals surface area contributed by atoms with Gasteiger partial charge in [-0.3, -0.25) is 0 Å². The van der Waals surface area contributed by atoms with Crippen LogP contribution in [0.5, 0.6) is 0 Å². The van der Waals surface area contributed by atoms with Gasteiger partial charge in [0.15, 0.2) is 0 Å². The van der Waals surface area contributed by atoms with Gasteiger partial charge in [0.1, 0.15) is 9.77 Å². The van der Waals surface area contributed by atoms with Gasteiger partial charge in [-0.25, -0.2) is 17.9 Å². The van der Waals surface area contributed by atoms with Gasteiger partial charge < -0.3 is 9.84 Å². The van der Waals surface area contributed by atoms with Gasteiger partial charge in [0.2, 0.25) is 10.0 Å². The Labute approximate surface area is 103 Å². The van der Waals surface area contributed by atoms with Crippen molar-refractivity contribution in [1.82, 2.24) is 4.72 Å². The van der Waals surface area contributed by atoms with Crippen LogP contribution in [0.2, 0.25) is 0 Å². The van der Waals surface area contributed by atoms with Crippen LogP contribution >= 0.6 is 11.3 Å². The second-order valence-electron chi connectivity index (χ2n) is 3.27. The molecule has 0 fully saturated rings. The van der Waals surface area contributed by atoms with Gasteiger partial charge >= 0.3 is 5.97 Å². The third kappa shape index (κ3) is 3.25. The van der Waals surface area contributed by atoms with E-state index in [9.17, 15) is 13.2 Å². The smallest absolute Gasteiger partial charge is 0.347 e. The van der Waals surface area contributed by atoms with Crippen LogP contribution in [0.15, 0.2) is 10.3 Å². The molecule has 6 nitrogen and oxygen atoms in total. The number of aromatic carboxylic acids is 1. The summed E-state index contributed by atoms with van der Waals surface area (Å²) < 4.78 is 30.8. The first-order valence-corrected chi connectivity index (χ1v) is 7.06. The largest absolute Gasteiger partial charge is 0.477 e. The minimum atomic E-state index is -3.80.